The van der Waals surface area contributed by atoms with Crippen molar-refractivity contribution in [2.45, 2.75) is 70.3 Å². The minimum Gasteiger partial charge on any atom is -0.461 e. The lowest BCUT2D eigenvalue weighted by Gasteiger charge is -2.66. The molecule has 7 heteroatoms. The molecule has 0 radical (unpaired) electrons. The predicted molar refractivity (Wildman–Crippen MR) is 161 cm³/mol. The van der Waals surface area contributed by atoms with Gasteiger partial charge in [-0.15, -0.1) is 0 Å². The number of ether oxygens (including phenoxy) is 1. The molecule has 4 aliphatic rings. The molecule has 0 spiro atoms. The number of aliphatic hydroxyl groups is 1. The Bertz CT molecular complexity index is 1370. The molecule has 6 rings (SSSR count). The molecule has 2 aromatic carbocycles. The predicted octanol–water partition coefficient (Wildman–Crippen LogP) is 5.32. The van der Waals surface area contributed by atoms with Crippen molar-refractivity contribution in [1.82, 2.24) is 4.90 Å². The summed E-state index contributed by atoms with van der Waals surface area (Å²) in [6, 6.07) is 17.2. The normalized spacial score (nSPS) is 31.1. The zero-order chi connectivity index (χ0) is 29.4. The fraction of sp³-hybridized carbons (Fsp3) is 0.514. The van der Waals surface area contributed by atoms with Gasteiger partial charge in [0.2, 0.25) is 11.8 Å². The van der Waals surface area contributed by atoms with Crippen LogP contribution in [0.4, 0.5) is 5.69 Å². The number of anilines is 1. The molecule has 4 atom stereocenters. The maximum absolute atomic E-state index is 13.7. The van der Waals surface area contributed by atoms with Crippen molar-refractivity contribution in [2.75, 3.05) is 31.1 Å². The molecule has 2 aliphatic heterocycles. The molecule has 2 bridgehead atoms. The van der Waals surface area contributed by atoms with E-state index in [1.54, 1.807) is 31.2 Å². The Kier molecular flexibility index (Phi) is 7.83. The molecule has 2 aromatic rings. The van der Waals surface area contributed by atoms with Crippen molar-refractivity contribution in [1.29, 1.82) is 0 Å². The van der Waals surface area contributed by atoms with Gasteiger partial charge in [-0.05, 0) is 69.2 Å². The number of carbonyl (C=O) groups is 3. The van der Waals surface area contributed by atoms with E-state index in [4.69, 9.17) is 4.74 Å². The Labute approximate surface area is 248 Å². The first-order valence-corrected chi connectivity index (χ1v) is 15.5. The zero-order valence-electron chi connectivity index (χ0n) is 24.6. The number of hydrogen-bond acceptors (Lipinski definition) is 6. The fourth-order valence-electron chi connectivity index (χ4n) is 8.35. The van der Waals surface area contributed by atoms with Crippen molar-refractivity contribution >= 4 is 23.5 Å². The molecule has 1 unspecified atom stereocenters. The van der Waals surface area contributed by atoms with Gasteiger partial charge in [0.25, 0.3) is 0 Å². The molecule has 7 nitrogen and oxygen atoms in total. The highest BCUT2D eigenvalue weighted by molar-refractivity contribution is 6.22. The number of likely N-dealkylation sites (tertiary alicyclic amines) is 1. The zero-order valence-corrected chi connectivity index (χ0v) is 24.6. The van der Waals surface area contributed by atoms with Crippen LogP contribution < -0.4 is 4.90 Å². The summed E-state index contributed by atoms with van der Waals surface area (Å²) in [5.74, 6) is -1.58. The third-order valence-electron chi connectivity index (χ3n) is 10.5. The molecule has 1 N–H and O–H groups in total. The number of para-hydroxylation sites is 1. The largest absolute Gasteiger partial charge is 0.461 e. The van der Waals surface area contributed by atoms with Gasteiger partial charge in [-0.25, -0.2) is 9.69 Å². The van der Waals surface area contributed by atoms with Crippen LogP contribution in [0.1, 0.15) is 74.2 Å². The molecule has 2 heterocycles. The third kappa shape index (κ3) is 4.90. The quantitative estimate of drug-likeness (QED) is 0.263. The SMILES string of the molecule is CC1CC(=O)N(c2ccccc2C(=O)OC[C@@]23CCC[C@]4(CCC=CC[C@]42O)CN(CCCc2ccccc2)C3)C1=O. The first kappa shape index (κ1) is 28.8. The number of nitrogens with zero attached hydrogens (tertiary/aromatic N) is 2. The minimum absolute atomic E-state index is 0.0970. The number of rotatable bonds is 8. The van der Waals surface area contributed by atoms with E-state index in [2.05, 4.69) is 41.3 Å². The van der Waals surface area contributed by atoms with Crippen molar-refractivity contribution in [3.05, 3.63) is 77.9 Å². The average molecular weight is 571 g/mol. The molecular formula is C35H42N2O5. The van der Waals surface area contributed by atoms with Gasteiger partial charge in [-0.2, -0.15) is 0 Å². The molecular weight excluding hydrogens is 528 g/mol. The van der Waals surface area contributed by atoms with Crippen LogP contribution in [-0.4, -0.2) is 59.6 Å². The standard InChI is InChI=1S/C35H42N2O5/c1-26-22-30(38)37(31(26)39)29-16-7-6-15-28(29)32(40)42-25-34-19-11-18-33(17-8-3-9-20-35(33,34)41)23-36(24-34)21-10-14-27-12-4-2-5-13-27/h2-7,9,12-13,15-16,26,41H,8,10-11,14,17-25H2,1H3/t26?,33-,34+,35+/m1/s1. The van der Waals surface area contributed by atoms with Crippen LogP contribution in [0.5, 0.6) is 0 Å². The van der Waals surface area contributed by atoms with E-state index in [0.29, 0.717) is 13.0 Å². The average Bonchev–Trinajstić information content (AvgIpc) is 3.11. The Hall–Kier alpha value is -3.29. The second kappa shape index (κ2) is 11.4. The van der Waals surface area contributed by atoms with E-state index >= 15 is 0 Å². The van der Waals surface area contributed by atoms with E-state index in [1.807, 2.05) is 6.07 Å². The van der Waals surface area contributed by atoms with Crippen LogP contribution in [0.25, 0.3) is 0 Å². The van der Waals surface area contributed by atoms with E-state index in [-0.39, 0.29) is 41.5 Å². The summed E-state index contributed by atoms with van der Waals surface area (Å²) < 4.78 is 6.12. The van der Waals surface area contributed by atoms with Gasteiger partial charge in [-0.1, -0.05) is 68.0 Å². The summed E-state index contributed by atoms with van der Waals surface area (Å²) >= 11 is 0. The third-order valence-corrected chi connectivity index (χ3v) is 10.5. The highest BCUT2D eigenvalue weighted by Crippen LogP contribution is 2.62. The van der Waals surface area contributed by atoms with Crippen LogP contribution in [0, 0.1) is 16.7 Å². The molecule has 222 valence electrons. The lowest BCUT2D eigenvalue weighted by atomic mass is 9.47. The van der Waals surface area contributed by atoms with Crippen LogP contribution in [0.2, 0.25) is 0 Å². The lowest BCUT2D eigenvalue weighted by Crippen LogP contribution is -2.73. The summed E-state index contributed by atoms with van der Waals surface area (Å²) in [5, 5.41) is 12.7. The van der Waals surface area contributed by atoms with E-state index in [1.165, 1.54) is 5.56 Å². The summed E-state index contributed by atoms with van der Waals surface area (Å²) in [5.41, 5.74) is -0.0285. The fourth-order valence-corrected chi connectivity index (χ4v) is 8.35. The van der Waals surface area contributed by atoms with E-state index < -0.39 is 22.9 Å². The van der Waals surface area contributed by atoms with Crippen LogP contribution in [0.15, 0.2) is 66.7 Å². The number of esters is 1. The number of allylic oxidation sites excluding steroid dienone is 1. The van der Waals surface area contributed by atoms with Crippen molar-refractivity contribution < 1.29 is 24.2 Å². The van der Waals surface area contributed by atoms with Gasteiger partial charge in [-0.3, -0.25) is 9.59 Å². The lowest BCUT2D eigenvalue weighted by molar-refractivity contribution is -0.255. The van der Waals surface area contributed by atoms with Gasteiger partial charge < -0.3 is 14.7 Å². The molecule has 0 aromatic heterocycles. The van der Waals surface area contributed by atoms with Crippen molar-refractivity contribution in [3.8, 4) is 0 Å². The van der Waals surface area contributed by atoms with Crippen LogP contribution in [-0.2, 0) is 20.7 Å². The van der Waals surface area contributed by atoms with Crippen LogP contribution >= 0.6 is 0 Å². The number of piperidine rings is 1. The first-order chi connectivity index (χ1) is 20.3. The summed E-state index contributed by atoms with van der Waals surface area (Å²) in [4.78, 5) is 42.8. The summed E-state index contributed by atoms with van der Waals surface area (Å²) in [6.07, 6.45) is 11.6. The van der Waals surface area contributed by atoms with Gasteiger partial charge in [0.1, 0.15) is 6.61 Å². The maximum atomic E-state index is 13.7. The number of amides is 2. The van der Waals surface area contributed by atoms with E-state index in [0.717, 1.165) is 62.9 Å². The van der Waals surface area contributed by atoms with Crippen molar-refractivity contribution in [3.63, 3.8) is 0 Å². The highest BCUT2D eigenvalue weighted by Gasteiger charge is 2.67. The number of carbonyl (C=O) groups excluding carboxylic acids is 3. The van der Waals surface area contributed by atoms with Gasteiger partial charge >= 0.3 is 5.97 Å². The van der Waals surface area contributed by atoms with E-state index in [9.17, 15) is 19.5 Å². The molecule has 2 amide bonds. The topological polar surface area (TPSA) is 87.2 Å². The molecule has 42 heavy (non-hydrogen) atoms. The second-order valence-corrected chi connectivity index (χ2v) is 13.1. The summed E-state index contributed by atoms with van der Waals surface area (Å²) in [6.45, 7) is 4.28. The van der Waals surface area contributed by atoms with Crippen LogP contribution in [0.3, 0.4) is 0 Å². The Morgan fingerprint density at radius 3 is 2.57 bits per heavy atom. The molecule has 3 fully saturated rings. The Morgan fingerprint density at radius 2 is 1.79 bits per heavy atom. The first-order valence-electron chi connectivity index (χ1n) is 15.5. The summed E-state index contributed by atoms with van der Waals surface area (Å²) in [7, 11) is 0. The van der Waals surface area contributed by atoms with Gasteiger partial charge in [0, 0.05) is 36.3 Å². The number of imide groups is 1. The molecule has 2 saturated heterocycles. The maximum Gasteiger partial charge on any atom is 0.340 e. The van der Waals surface area contributed by atoms with Gasteiger partial charge in [0.15, 0.2) is 0 Å². The number of hydrogen-bond donors (Lipinski definition) is 1. The molecule has 1 saturated carbocycles. The highest BCUT2D eigenvalue weighted by atomic mass is 16.5. The van der Waals surface area contributed by atoms with Crippen molar-refractivity contribution in [2.24, 2.45) is 16.7 Å². The second-order valence-electron chi connectivity index (χ2n) is 13.1. The smallest absolute Gasteiger partial charge is 0.340 e. The number of aryl methyl sites for hydroxylation is 1. The Balaban J connectivity index is 1.25. The Morgan fingerprint density at radius 1 is 1.00 bits per heavy atom. The minimum atomic E-state index is -0.975. The molecule has 2 aliphatic carbocycles. The monoisotopic (exact) mass is 570 g/mol. The number of benzene rings is 2. The van der Waals surface area contributed by atoms with Gasteiger partial charge in [0.05, 0.1) is 16.9 Å².